The van der Waals surface area contributed by atoms with Gasteiger partial charge in [-0.15, -0.1) is 9.24 Å². The zero-order valence-electron chi connectivity index (χ0n) is 9.09. The summed E-state index contributed by atoms with van der Waals surface area (Å²) < 4.78 is 0. The van der Waals surface area contributed by atoms with Crippen LogP contribution >= 0.6 is 9.24 Å². The van der Waals surface area contributed by atoms with Gasteiger partial charge in [-0.1, -0.05) is 46.8 Å². The molecule has 0 aliphatic rings. The lowest BCUT2D eigenvalue weighted by Gasteiger charge is -2.34. The van der Waals surface area contributed by atoms with Crippen molar-refractivity contribution in [1.29, 1.82) is 0 Å². The molecule has 1 unspecified atom stereocenters. The topological polar surface area (TPSA) is 0 Å². The summed E-state index contributed by atoms with van der Waals surface area (Å²) in [6, 6.07) is 0. The Hall–Kier alpha value is 0.170. The molecule has 0 saturated carbocycles. The SMILES string of the molecule is CCC=CC(P)(C(C)C)C(C)C. The second-order valence-electron chi connectivity index (χ2n) is 4.12. The van der Waals surface area contributed by atoms with E-state index in [4.69, 9.17) is 0 Å². The minimum absolute atomic E-state index is 0.288. The Kier molecular flexibility index (Phi) is 5.09. The number of allylic oxidation sites excluding steroid dienone is 2. The monoisotopic (exact) mass is 186 g/mol. The largest absolute Gasteiger partial charge is 0.126 e. The first-order valence-electron chi connectivity index (χ1n) is 4.91. The molecule has 0 amide bonds. The van der Waals surface area contributed by atoms with Crippen molar-refractivity contribution in [2.75, 3.05) is 0 Å². The Morgan fingerprint density at radius 2 is 1.58 bits per heavy atom. The zero-order valence-corrected chi connectivity index (χ0v) is 10.2. The fraction of sp³-hybridized carbons (Fsp3) is 0.818. The van der Waals surface area contributed by atoms with Crippen molar-refractivity contribution in [3.63, 3.8) is 0 Å². The number of hydrogen-bond acceptors (Lipinski definition) is 0. The van der Waals surface area contributed by atoms with Crippen LogP contribution in [0.15, 0.2) is 12.2 Å². The van der Waals surface area contributed by atoms with Crippen LogP contribution in [-0.4, -0.2) is 5.16 Å². The van der Waals surface area contributed by atoms with E-state index in [9.17, 15) is 0 Å². The van der Waals surface area contributed by atoms with Crippen LogP contribution in [0.3, 0.4) is 0 Å². The minimum Gasteiger partial charge on any atom is -0.126 e. The third kappa shape index (κ3) is 2.90. The highest BCUT2D eigenvalue weighted by Crippen LogP contribution is 2.37. The molecule has 0 saturated heterocycles. The first kappa shape index (κ1) is 12.2. The van der Waals surface area contributed by atoms with Gasteiger partial charge in [0, 0.05) is 5.16 Å². The van der Waals surface area contributed by atoms with Crippen LogP contribution < -0.4 is 0 Å². The molecule has 0 aliphatic carbocycles. The predicted octanol–water partition coefficient (Wildman–Crippen LogP) is 3.88. The van der Waals surface area contributed by atoms with Gasteiger partial charge in [0.1, 0.15) is 0 Å². The van der Waals surface area contributed by atoms with E-state index in [0.29, 0.717) is 11.8 Å². The van der Waals surface area contributed by atoms with Crippen LogP contribution in [0.4, 0.5) is 0 Å². The molecule has 72 valence electrons. The van der Waals surface area contributed by atoms with Crippen molar-refractivity contribution >= 4 is 9.24 Å². The van der Waals surface area contributed by atoms with E-state index in [-0.39, 0.29) is 5.16 Å². The predicted molar refractivity (Wildman–Crippen MR) is 61.5 cm³/mol. The maximum absolute atomic E-state index is 3.01. The Balaban J connectivity index is 4.51. The quantitative estimate of drug-likeness (QED) is 0.461. The summed E-state index contributed by atoms with van der Waals surface area (Å²) in [5.74, 6) is 1.37. The average Bonchev–Trinajstić information content (AvgIpc) is 1.99. The molecular formula is C11H23P. The van der Waals surface area contributed by atoms with Crippen LogP contribution in [0.5, 0.6) is 0 Å². The second kappa shape index (κ2) is 5.02. The van der Waals surface area contributed by atoms with Crippen molar-refractivity contribution in [2.24, 2.45) is 11.8 Å². The van der Waals surface area contributed by atoms with Crippen LogP contribution in [-0.2, 0) is 0 Å². The molecule has 0 aromatic heterocycles. The van der Waals surface area contributed by atoms with E-state index in [1.54, 1.807) is 0 Å². The molecule has 0 fully saturated rings. The van der Waals surface area contributed by atoms with Gasteiger partial charge in [0.25, 0.3) is 0 Å². The summed E-state index contributed by atoms with van der Waals surface area (Å²) >= 11 is 0. The molecule has 0 rings (SSSR count). The van der Waals surface area contributed by atoms with E-state index in [2.05, 4.69) is 56.0 Å². The summed E-state index contributed by atoms with van der Waals surface area (Å²) in [6.45, 7) is 11.3. The van der Waals surface area contributed by atoms with Crippen LogP contribution in [0.1, 0.15) is 41.0 Å². The van der Waals surface area contributed by atoms with Gasteiger partial charge in [0.2, 0.25) is 0 Å². The third-order valence-corrected chi connectivity index (χ3v) is 4.17. The molecule has 0 nitrogen and oxygen atoms in total. The molecule has 1 atom stereocenters. The highest BCUT2D eigenvalue weighted by molar-refractivity contribution is 7.19. The fourth-order valence-corrected chi connectivity index (χ4v) is 1.51. The van der Waals surface area contributed by atoms with E-state index in [1.165, 1.54) is 0 Å². The van der Waals surface area contributed by atoms with Gasteiger partial charge in [-0.05, 0) is 18.3 Å². The highest BCUT2D eigenvalue weighted by Gasteiger charge is 2.28. The Bertz CT molecular complexity index is 137. The van der Waals surface area contributed by atoms with Gasteiger partial charge in [-0.2, -0.15) is 0 Å². The smallest absolute Gasteiger partial charge is 0.00726 e. The van der Waals surface area contributed by atoms with Crippen molar-refractivity contribution in [2.45, 2.75) is 46.2 Å². The van der Waals surface area contributed by atoms with Crippen LogP contribution in [0, 0.1) is 11.8 Å². The lowest BCUT2D eigenvalue weighted by molar-refractivity contribution is 0.397. The van der Waals surface area contributed by atoms with Crippen molar-refractivity contribution in [1.82, 2.24) is 0 Å². The molecule has 1 heteroatoms. The number of rotatable bonds is 4. The molecule has 0 spiro atoms. The summed E-state index contributed by atoms with van der Waals surface area (Å²) in [5, 5.41) is 0.288. The molecular weight excluding hydrogens is 163 g/mol. The minimum atomic E-state index is 0.288. The summed E-state index contributed by atoms with van der Waals surface area (Å²) in [7, 11) is 3.01. The van der Waals surface area contributed by atoms with E-state index in [1.807, 2.05) is 0 Å². The normalized spacial score (nSPS) is 13.7. The molecule has 0 N–H and O–H groups in total. The van der Waals surface area contributed by atoms with Gasteiger partial charge in [-0.3, -0.25) is 0 Å². The van der Waals surface area contributed by atoms with Crippen LogP contribution in [0.25, 0.3) is 0 Å². The molecule has 0 heterocycles. The maximum atomic E-state index is 3.01. The van der Waals surface area contributed by atoms with E-state index >= 15 is 0 Å². The van der Waals surface area contributed by atoms with Crippen LogP contribution in [0.2, 0.25) is 0 Å². The molecule has 12 heavy (non-hydrogen) atoms. The third-order valence-electron chi connectivity index (χ3n) is 2.64. The van der Waals surface area contributed by atoms with Gasteiger partial charge in [0.15, 0.2) is 0 Å². The van der Waals surface area contributed by atoms with Gasteiger partial charge in [-0.25, -0.2) is 0 Å². The molecule has 0 bridgehead atoms. The second-order valence-corrected chi connectivity index (χ2v) is 5.12. The number of hydrogen-bond donors (Lipinski definition) is 0. The van der Waals surface area contributed by atoms with Crippen molar-refractivity contribution in [3.8, 4) is 0 Å². The van der Waals surface area contributed by atoms with Gasteiger partial charge in [0.05, 0.1) is 0 Å². The Morgan fingerprint density at radius 3 is 1.83 bits per heavy atom. The highest BCUT2D eigenvalue weighted by atomic mass is 31.0. The lowest BCUT2D eigenvalue weighted by atomic mass is 9.84. The summed E-state index contributed by atoms with van der Waals surface area (Å²) in [6.07, 6.45) is 5.76. The van der Waals surface area contributed by atoms with Crippen molar-refractivity contribution < 1.29 is 0 Å². The first-order chi connectivity index (χ1) is 5.45. The molecule has 0 aliphatic heterocycles. The van der Waals surface area contributed by atoms with Crippen molar-refractivity contribution in [3.05, 3.63) is 12.2 Å². The first-order valence-corrected chi connectivity index (χ1v) is 5.49. The van der Waals surface area contributed by atoms with E-state index in [0.717, 1.165) is 6.42 Å². The molecule has 0 radical (unpaired) electrons. The van der Waals surface area contributed by atoms with Gasteiger partial charge < -0.3 is 0 Å². The lowest BCUT2D eigenvalue weighted by Crippen LogP contribution is -2.31. The standard InChI is InChI=1S/C11H23P/c1-6-7-8-11(12,9(2)3)10(4)5/h7-10H,6,12H2,1-5H3. The summed E-state index contributed by atoms with van der Waals surface area (Å²) in [4.78, 5) is 0. The average molecular weight is 186 g/mol. The molecule has 0 aromatic carbocycles. The Morgan fingerprint density at radius 1 is 1.17 bits per heavy atom. The Labute approximate surface area is 80.0 Å². The van der Waals surface area contributed by atoms with E-state index < -0.39 is 0 Å². The zero-order chi connectivity index (χ0) is 9.78. The fourth-order valence-electron chi connectivity index (χ4n) is 1.37. The maximum Gasteiger partial charge on any atom is 0.00726 e. The van der Waals surface area contributed by atoms with Gasteiger partial charge >= 0.3 is 0 Å². The summed E-state index contributed by atoms with van der Waals surface area (Å²) in [5.41, 5.74) is 0. The molecule has 0 aromatic rings.